The van der Waals surface area contributed by atoms with Crippen molar-refractivity contribution in [1.82, 2.24) is 5.32 Å². The number of nitrogens with one attached hydrogen (secondary N) is 1. The molecule has 2 nitrogen and oxygen atoms in total. The summed E-state index contributed by atoms with van der Waals surface area (Å²) in [6.07, 6.45) is 2.88. The molecule has 2 heteroatoms. The third-order valence-electron chi connectivity index (χ3n) is 2.28. The minimum absolute atomic E-state index is 0.393. The molecule has 0 amide bonds. The number of hydrogen-bond acceptors (Lipinski definition) is 2. The second kappa shape index (κ2) is 7.12. The quantitative estimate of drug-likeness (QED) is 0.660. The standard InChI is InChI=1S/C10H20N2/c1-4-9(3)8-12-10(5-2)6-7-11/h9-10,12H,4-6,8H2,1-3H3. The third kappa shape index (κ3) is 5.15. The molecule has 0 heterocycles. The van der Waals surface area contributed by atoms with E-state index in [9.17, 15) is 0 Å². The van der Waals surface area contributed by atoms with Gasteiger partial charge in [-0.25, -0.2) is 0 Å². The van der Waals surface area contributed by atoms with Gasteiger partial charge in [-0.05, 0) is 18.9 Å². The van der Waals surface area contributed by atoms with Gasteiger partial charge < -0.3 is 5.32 Å². The Kier molecular flexibility index (Phi) is 6.79. The Morgan fingerprint density at radius 2 is 2.00 bits per heavy atom. The third-order valence-corrected chi connectivity index (χ3v) is 2.28. The Labute approximate surface area is 76.0 Å². The van der Waals surface area contributed by atoms with Gasteiger partial charge in [0.15, 0.2) is 0 Å². The molecule has 0 saturated carbocycles. The predicted molar refractivity (Wildman–Crippen MR) is 51.8 cm³/mol. The topological polar surface area (TPSA) is 35.8 Å². The van der Waals surface area contributed by atoms with Crippen molar-refractivity contribution < 1.29 is 0 Å². The summed E-state index contributed by atoms with van der Waals surface area (Å²) in [6, 6.07) is 2.59. The second-order valence-electron chi connectivity index (χ2n) is 3.39. The molecule has 0 aromatic heterocycles. The minimum atomic E-state index is 0.393. The molecule has 2 unspecified atom stereocenters. The molecular weight excluding hydrogens is 148 g/mol. The van der Waals surface area contributed by atoms with E-state index in [0.717, 1.165) is 18.9 Å². The molecule has 1 N–H and O–H groups in total. The molecular formula is C10H20N2. The molecule has 0 aliphatic heterocycles. The minimum Gasteiger partial charge on any atom is -0.313 e. The first-order valence-corrected chi connectivity index (χ1v) is 4.84. The van der Waals surface area contributed by atoms with E-state index in [4.69, 9.17) is 5.26 Å². The fourth-order valence-electron chi connectivity index (χ4n) is 0.983. The van der Waals surface area contributed by atoms with Crippen LogP contribution in [-0.4, -0.2) is 12.6 Å². The van der Waals surface area contributed by atoms with Crippen LogP contribution in [0.3, 0.4) is 0 Å². The summed E-state index contributed by atoms with van der Waals surface area (Å²) in [5.74, 6) is 0.720. The Morgan fingerprint density at radius 3 is 2.42 bits per heavy atom. The van der Waals surface area contributed by atoms with Crippen molar-refractivity contribution in [3.05, 3.63) is 0 Å². The summed E-state index contributed by atoms with van der Waals surface area (Å²) in [5, 5.41) is 11.9. The van der Waals surface area contributed by atoms with Crippen molar-refractivity contribution in [2.24, 2.45) is 5.92 Å². The maximum Gasteiger partial charge on any atom is 0.0638 e. The van der Waals surface area contributed by atoms with Crippen LogP contribution in [0.5, 0.6) is 0 Å². The van der Waals surface area contributed by atoms with Gasteiger partial charge in [0.1, 0.15) is 0 Å². The first-order valence-electron chi connectivity index (χ1n) is 4.84. The van der Waals surface area contributed by atoms with Gasteiger partial charge >= 0.3 is 0 Å². The van der Waals surface area contributed by atoms with Crippen LogP contribution >= 0.6 is 0 Å². The molecule has 2 atom stereocenters. The lowest BCUT2D eigenvalue weighted by atomic mass is 10.1. The first-order chi connectivity index (χ1) is 5.74. The highest BCUT2D eigenvalue weighted by Crippen LogP contribution is 2.01. The lowest BCUT2D eigenvalue weighted by Gasteiger charge is -2.16. The van der Waals surface area contributed by atoms with E-state index in [1.807, 2.05) is 0 Å². The summed E-state index contributed by atoms with van der Waals surface area (Å²) in [4.78, 5) is 0. The van der Waals surface area contributed by atoms with Crippen LogP contribution in [0.2, 0.25) is 0 Å². The summed E-state index contributed by atoms with van der Waals surface area (Å²) >= 11 is 0. The number of rotatable bonds is 6. The van der Waals surface area contributed by atoms with Gasteiger partial charge in [0.25, 0.3) is 0 Å². The fourth-order valence-corrected chi connectivity index (χ4v) is 0.983. The summed E-state index contributed by atoms with van der Waals surface area (Å²) in [5.41, 5.74) is 0. The normalized spacial score (nSPS) is 15.2. The molecule has 0 aliphatic carbocycles. The SMILES string of the molecule is CCC(C)CNC(CC)CC#N. The molecule has 0 fully saturated rings. The van der Waals surface area contributed by atoms with Crippen LogP contribution in [0.4, 0.5) is 0 Å². The summed E-state index contributed by atoms with van der Waals surface area (Å²) in [6.45, 7) is 7.58. The monoisotopic (exact) mass is 168 g/mol. The van der Waals surface area contributed by atoms with Crippen LogP contribution in [-0.2, 0) is 0 Å². The Bertz CT molecular complexity index is 137. The summed E-state index contributed by atoms with van der Waals surface area (Å²) in [7, 11) is 0. The van der Waals surface area contributed by atoms with Crippen LogP contribution in [0.1, 0.15) is 40.0 Å². The molecule has 0 rings (SSSR count). The predicted octanol–water partition coefficient (Wildman–Crippen LogP) is 2.31. The van der Waals surface area contributed by atoms with E-state index in [1.165, 1.54) is 6.42 Å². The van der Waals surface area contributed by atoms with E-state index in [2.05, 4.69) is 32.2 Å². The molecule has 0 aromatic carbocycles. The smallest absolute Gasteiger partial charge is 0.0638 e. The van der Waals surface area contributed by atoms with Crippen molar-refractivity contribution in [2.75, 3.05) is 6.54 Å². The fraction of sp³-hybridized carbons (Fsp3) is 0.900. The van der Waals surface area contributed by atoms with E-state index >= 15 is 0 Å². The van der Waals surface area contributed by atoms with Gasteiger partial charge in [-0.2, -0.15) is 5.26 Å². The van der Waals surface area contributed by atoms with Crippen molar-refractivity contribution in [3.63, 3.8) is 0 Å². The molecule has 0 saturated heterocycles. The van der Waals surface area contributed by atoms with Crippen LogP contribution in [0, 0.1) is 17.2 Å². The average Bonchev–Trinajstić information content (AvgIpc) is 2.11. The van der Waals surface area contributed by atoms with Gasteiger partial charge in [-0.3, -0.25) is 0 Å². The molecule has 0 aromatic rings. The highest BCUT2D eigenvalue weighted by molar-refractivity contribution is 4.79. The van der Waals surface area contributed by atoms with Crippen LogP contribution in [0.25, 0.3) is 0 Å². The zero-order valence-corrected chi connectivity index (χ0v) is 8.43. The van der Waals surface area contributed by atoms with Crippen molar-refractivity contribution in [2.45, 2.75) is 46.1 Å². The molecule has 12 heavy (non-hydrogen) atoms. The van der Waals surface area contributed by atoms with Crippen LogP contribution < -0.4 is 5.32 Å². The van der Waals surface area contributed by atoms with E-state index < -0.39 is 0 Å². The molecule has 0 bridgehead atoms. The van der Waals surface area contributed by atoms with Gasteiger partial charge in [0.05, 0.1) is 12.5 Å². The Hall–Kier alpha value is -0.550. The van der Waals surface area contributed by atoms with Gasteiger partial charge in [-0.15, -0.1) is 0 Å². The first kappa shape index (κ1) is 11.4. The van der Waals surface area contributed by atoms with E-state index in [0.29, 0.717) is 12.5 Å². The largest absolute Gasteiger partial charge is 0.313 e. The Morgan fingerprint density at radius 1 is 1.33 bits per heavy atom. The molecule has 0 aliphatic rings. The lowest BCUT2D eigenvalue weighted by molar-refractivity contribution is 0.432. The molecule has 0 spiro atoms. The molecule has 70 valence electrons. The number of nitriles is 1. The van der Waals surface area contributed by atoms with Crippen LogP contribution in [0.15, 0.2) is 0 Å². The summed E-state index contributed by atoms with van der Waals surface area (Å²) < 4.78 is 0. The van der Waals surface area contributed by atoms with Gasteiger partial charge in [0, 0.05) is 6.04 Å². The van der Waals surface area contributed by atoms with Gasteiger partial charge in [0.2, 0.25) is 0 Å². The maximum absolute atomic E-state index is 8.50. The lowest BCUT2D eigenvalue weighted by Crippen LogP contribution is -2.31. The second-order valence-corrected chi connectivity index (χ2v) is 3.39. The highest BCUT2D eigenvalue weighted by Gasteiger charge is 2.05. The zero-order valence-electron chi connectivity index (χ0n) is 8.43. The average molecular weight is 168 g/mol. The Balaban J connectivity index is 3.51. The number of nitrogens with zero attached hydrogens (tertiary/aromatic N) is 1. The highest BCUT2D eigenvalue weighted by atomic mass is 14.9. The van der Waals surface area contributed by atoms with E-state index in [1.54, 1.807) is 0 Å². The number of hydrogen-bond donors (Lipinski definition) is 1. The van der Waals surface area contributed by atoms with E-state index in [-0.39, 0.29) is 0 Å². The molecule has 0 radical (unpaired) electrons. The maximum atomic E-state index is 8.50. The van der Waals surface area contributed by atoms with Crippen molar-refractivity contribution in [1.29, 1.82) is 5.26 Å². The zero-order chi connectivity index (χ0) is 9.40. The van der Waals surface area contributed by atoms with Crippen molar-refractivity contribution in [3.8, 4) is 6.07 Å². The van der Waals surface area contributed by atoms with Gasteiger partial charge in [-0.1, -0.05) is 27.2 Å². The van der Waals surface area contributed by atoms with Crippen molar-refractivity contribution >= 4 is 0 Å².